The van der Waals surface area contributed by atoms with Crippen LogP contribution in [0, 0.1) is 11.2 Å². The first-order chi connectivity index (χ1) is 12.2. The number of para-hydroxylation sites is 1. The Morgan fingerprint density at radius 2 is 1.50 bits per heavy atom. The molecule has 4 nitrogen and oxygen atoms in total. The summed E-state index contributed by atoms with van der Waals surface area (Å²) < 4.78 is 13.7. The van der Waals surface area contributed by atoms with Gasteiger partial charge in [-0.05, 0) is 48.1 Å². The number of nitrogens with one attached hydrogen (secondary N) is 2. The summed E-state index contributed by atoms with van der Waals surface area (Å²) in [5, 5.41) is 5.35. The van der Waals surface area contributed by atoms with Gasteiger partial charge < -0.3 is 10.6 Å². The van der Waals surface area contributed by atoms with E-state index in [0.29, 0.717) is 18.5 Å². The van der Waals surface area contributed by atoms with Gasteiger partial charge in [0.2, 0.25) is 11.8 Å². The molecule has 0 unspecified atom stereocenters. The monoisotopic (exact) mass is 354 g/mol. The Morgan fingerprint density at radius 1 is 0.923 bits per heavy atom. The van der Waals surface area contributed by atoms with Gasteiger partial charge in [-0.2, -0.15) is 0 Å². The Bertz CT molecular complexity index is 834. The highest BCUT2D eigenvalue weighted by atomic mass is 19.1. The van der Waals surface area contributed by atoms with Gasteiger partial charge >= 0.3 is 0 Å². The van der Waals surface area contributed by atoms with E-state index >= 15 is 0 Å². The summed E-state index contributed by atoms with van der Waals surface area (Å²) in [4.78, 5) is 25.2. The van der Waals surface area contributed by atoms with Crippen LogP contribution < -0.4 is 10.6 Å². The van der Waals surface area contributed by atoms with E-state index in [1.807, 2.05) is 24.3 Å². The van der Waals surface area contributed by atoms with E-state index < -0.39 is 17.1 Å². The molecular weight excluding hydrogens is 331 g/mol. The number of benzene rings is 2. The van der Waals surface area contributed by atoms with E-state index in [0.717, 1.165) is 5.56 Å². The minimum Gasteiger partial charge on any atom is -0.325 e. The quantitative estimate of drug-likeness (QED) is 0.795. The molecule has 2 aromatic carbocycles. The fourth-order valence-electron chi connectivity index (χ4n) is 2.79. The van der Waals surface area contributed by atoms with Crippen molar-refractivity contribution >= 4 is 23.2 Å². The topological polar surface area (TPSA) is 58.2 Å². The molecule has 1 fully saturated rings. The third-order valence-corrected chi connectivity index (χ3v) is 4.75. The van der Waals surface area contributed by atoms with Gasteiger partial charge in [-0.15, -0.1) is 0 Å². The highest BCUT2D eigenvalue weighted by Crippen LogP contribution is 2.47. The lowest BCUT2D eigenvalue weighted by Crippen LogP contribution is -2.35. The van der Waals surface area contributed by atoms with Crippen LogP contribution in [-0.4, -0.2) is 11.8 Å². The molecule has 0 radical (unpaired) electrons. The number of amides is 2. The van der Waals surface area contributed by atoms with Gasteiger partial charge in [0.1, 0.15) is 11.2 Å². The van der Waals surface area contributed by atoms with Crippen LogP contribution in [0.1, 0.15) is 39.2 Å². The average Bonchev–Trinajstić information content (AvgIpc) is 3.38. The maximum absolute atomic E-state index is 13.7. The molecule has 2 N–H and O–H groups in total. The lowest BCUT2D eigenvalue weighted by molar-refractivity contribution is -0.131. The largest absolute Gasteiger partial charge is 0.325 e. The van der Waals surface area contributed by atoms with Crippen molar-refractivity contribution in [3.8, 4) is 0 Å². The summed E-state index contributed by atoms with van der Waals surface area (Å²) >= 11 is 0. The molecule has 5 heteroatoms. The van der Waals surface area contributed by atoms with Crippen molar-refractivity contribution in [2.75, 3.05) is 10.6 Å². The molecule has 3 rings (SSSR count). The first-order valence-electron chi connectivity index (χ1n) is 8.70. The standard InChI is InChI=1S/C21H23FN2O2/c1-20(2,3)14-8-10-15(11-9-14)23-18(25)21(12-13-21)19(26)24-17-7-5-4-6-16(17)22/h4-11H,12-13H2,1-3H3,(H,23,25)(H,24,26). The Morgan fingerprint density at radius 3 is 2.04 bits per heavy atom. The molecule has 1 aliphatic rings. The second kappa shape index (κ2) is 6.56. The van der Waals surface area contributed by atoms with E-state index in [1.165, 1.54) is 12.1 Å². The zero-order valence-corrected chi connectivity index (χ0v) is 15.2. The van der Waals surface area contributed by atoms with Gasteiger partial charge in [-0.1, -0.05) is 45.0 Å². The zero-order chi connectivity index (χ0) is 18.9. The van der Waals surface area contributed by atoms with Crippen molar-refractivity contribution < 1.29 is 14.0 Å². The Hall–Kier alpha value is -2.69. The number of halogens is 1. The molecule has 0 aromatic heterocycles. The molecule has 0 spiro atoms. The van der Waals surface area contributed by atoms with Gasteiger partial charge in [0, 0.05) is 5.69 Å². The number of hydrogen-bond acceptors (Lipinski definition) is 2. The maximum Gasteiger partial charge on any atom is 0.240 e. The van der Waals surface area contributed by atoms with E-state index in [1.54, 1.807) is 12.1 Å². The van der Waals surface area contributed by atoms with Crippen molar-refractivity contribution in [1.82, 2.24) is 0 Å². The lowest BCUT2D eigenvalue weighted by atomic mass is 9.87. The van der Waals surface area contributed by atoms with Crippen LogP contribution in [0.4, 0.5) is 15.8 Å². The van der Waals surface area contributed by atoms with E-state index in [9.17, 15) is 14.0 Å². The molecule has 0 saturated heterocycles. The second-order valence-corrected chi connectivity index (χ2v) is 7.80. The van der Waals surface area contributed by atoms with Crippen LogP contribution >= 0.6 is 0 Å². The minimum atomic E-state index is -1.12. The second-order valence-electron chi connectivity index (χ2n) is 7.80. The normalized spacial score (nSPS) is 15.2. The lowest BCUT2D eigenvalue weighted by Gasteiger charge is -2.20. The smallest absolute Gasteiger partial charge is 0.240 e. The van der Waals surface area contributed by atoms with Crippen molar-refractivity contribution in [2.24, 2.45) is 5.41 Å². The maximum atomic E-state index is 13.7. The Balaban J connectivity index is 1.69. The van der Waals surface area contributed by atoms with Crippen molar-refractivity contribution in [3.63, 3.8) is 0 Å². The third kappa shape index (κ3) is 3.62. The summed E-state index contributed by atoms with van der Waals surface area (Å²) in [6.07, 6.45) is 0.915. The third-order valence-electron chi connectivity index (χ3n) is 4.75. The Labute approximate surface area is 152 Å². The number of hydrogen-bond donors (Lipinski definition) is 2. The number of carbonyl (C=O) groups excluding carboxylic acids is 2. The van der Waals surface area contributed by atoms with Crippen LogP contribution in [-0.2, 0) is 15.0 Å². The molecular formula is C21H23FN2O2. The van der Waals surface area contributed by atoms with Gasteiger partial charge in [0.15, 0.2) is 0 Å². The van der Waals surface area contributed by atoms with E-state index in [-0.39, 0.29) is 17.0 Å². The summed E-state index contributed by atoms with van der Waals surface area (Å²) in [5.41, 5.74) is 0.804. The van der Waals surface area contributed by atoms with Gasteiger partial charge in [0.25, 0.3) is 0 Å². The van der Waals surface area contributed by atoms with Gasteiger partial charge in [-0.3, -0.25) is 9.59 Å². The highest BCUT2D eigenvalue weighted by molar-refractivity contribution is 6.16. The highest BCUT2D eigenvalue weighted by Gasteiger charge is 2.56. The molecule has 136 valence electrons. The molecule has 0 heterocycles. The molecule has 26 heavy (non-hydrogen) atoms. The van der Waals surface area contributed by atoms with Crippen LogP contribution in [0.15, 0.2) is 48.5 Å². The molecule has 2 amide bonds. The molecule has 2 aromatic rings. The van der Waals surface area contributed by atoms with E-state index in [2.05, 4.69) is 31.4 Å². The van der Waals surface area contributed by atoms with Crippen molar-refractivity contribution in [2.45, 2.75) is 39.0 Å². The molecule has 1 saturated carbocycles. The van der Waals surface area contributed by atoms with Crippen LogP contribution in [0.5, 0.6) is 0 Å². The molecule has 0 atom stereocenters. The SMILES string of the molecule is CC(C)(C)c1ccc(NC(=O)C2(C(=O)Nc3ccccc3F)CC2)cc1. The van der Waals surface area contributed by atoms with Gasteiger partial charge in [-0.25, -0.2) is 4.39 Å². The first-order valence-corrected chi connectivity index (χ1v) is 8.70. The van der Waals surface area contributed by atoms with Crippen LogP contribution in [0.3, 0.4) is 0 Å². The predicted octanol–water partition coefficient (Wildman–Crippen LogP) is 4.48. The Kier molecular flexibility index (Phi) is 4.57. The number of rotatable bonds is 4. The first kappa shape index (κ1) is 18.1. The molecule has 1 aliphatic carbocycles. The van der Waals surface area contributed by atoms with Gasteiger partial charge in [0.05, 0.1) is 5.69 Å². The van der Waals surface area contributed by atoms with Crippen molar-refractivity contribution in [1.29, 1.82) is 0 Å². The minimum absolute atomic E-state index is 0.0277. The molecule has 0 bridgehead atoms. The summed E-state index contributed by atoms with van der Waals surface area (Å²) in [6, 6.07) is 13.5. The molecule has 0 aliphatic heterocycles. The number of carbonyl (C=O) groups is 2. The van der Waals surface area contributed by atoms with Crippen LogP contribution in [0.2, 0.25) is 0 Å². The zero-order valence-electron chi connectivity index (χ0n) is 15.2. The number of anilines is 2. The summed E-state index contributed by atoms with van der Waals surface area (Å²) in [6.45, 7) is 6.35. The fourth-order valence-corrected chi connectivity index (χ4v) is 2.79. The predicted molar refractivity (Wildman–Crippen MR) is 100 cm³/mol. The summed E-state index contributed by atoms with van der Waals surface area (Å²) in [5.74, 6) is -1.34. The van der Waals surface area contributed by atoms with E-state index in [4.69, 9.17) is 0 Å². The fraction of sp³-hybridized carbons (Fsp3) is 0.333. The summed E-state index contributed by atoms with van der Waals surface area (Å²) in [7, 11) is 0. The van der Waals surface area contributed by atoms with Crippen molar-refractivity contribution in [3.05, 3.63) is 59.9 Å². The van der Waals surface area contributed by atoms with Crippen LogP contribution in [0.25, 0.3) is 0 Å². The average molecular weight is 354 g/mol.